The summed E-state index contributed by atoms with van der Waals surface area (Å²) < 4.78 is 3.06. The van der Waals surface area contributed by atoms with Gasteiger partial charge in [0.15, 0.2) is 5.82 Å². The van der Waals surface area contributed by atoms with Crippen LogP contribution in [0.2, 0.25) is 0 Å². The van der Waals surface area contributed by atoms with Gasteiger partial charge in [-0.3, -0.25) is 0 Å². The van der Waals surface area contributed by atoms with Crippen molar-refractivity contribution in [1.29, 1.82) is 0 Å². The van der Waals surface area contributed by atoms with Crippen molar-refractivity contribution in [2.75, 3.05) is 6.54 Å². The third-order valence-corrected chi connectivity index (χ3v) is 3.95. The standard InChI is InChI=1S/C14H17N5S/c1-2-7-15-8-13-16-10-19(18-13)9-14-17-11-5-3-4-6-12(11)20-14/h3-6,10,15H,2,7-9H2,1H3. The van der Waals surface area contributed by atoms with E-state index in [2.05, 4.69) is 33.4 Å². The molecule has 0 aliphatic rings. The first kappa shape index (κ1) is 13.2. The van der Waals surface area contributed by atoms with Gasteiger partial charge in [0.05, 0.1) is 23.3 Å². The van der Waals surface area contributed by atoms with E-state index in [1.807, 2.05) is 22.9 Å². The Morgan fingerprint density at radius 3 is 3.05 bits per heavy atom. The fourth-order valence-corrected chi connectivity index (χ4v) is 2.95. The molecule has 0 aliphatic carbocycles. The largest absolute Gasteiger partial charge is 0.310 e. The predicted molar refractivity (Wildman–Crippen MR) is 80.7 cm³/mol. The van der Waals surface area contributed by atoms with Crippen molar-refractivity contribution in [3.05, 3.63) is 41.4 Å². The summed E-state index contributed by atoms with van der Waals surface area (Å²) >= 11 is 1.71. The number of nitrogens with one attached hydrogen (secondary N) is 1. The van der Waals surface area contributed by atoms with Gasteiger partial charge in [0, 0.05) is 0 Å². The molecule has 6 heteroatoms. The van der Waals surface area contributed by atoms with Crippen LogP contribution in [-0.2, 0) is 13.1 Å². The highest BCUT2D eigenvalue weighted by molar-refractivity contribution is 7.18. The summed E-state index contributed by atoms with van der Waals surface area (Å²) in [5, 5.41) is 8.82. The molecule has 0 atom stereocenters. The molecule has 2 heterocycles. The molecule has 3 rings (SSSR count). The first-order valence-electron chi connectivity index (χ1n) is 6.78. The summed E-state index contributed by atoms with van der Waals surface area (Å²) in [6, 6.07) is 8.19. The lowest BCUT2D eigenvalue weighted by Crippen LogP contribution is -2.15. The second kappa shape index (κ2) is 6.11. The van der Waals surface area contributed by atoms with Crippen LogP contribution in [0.25, 0.3) is 10.2 Å². The number of para-hydroxylation sites is 1. The number of aromatic nitrogens is 4. The quantitative estimate of drug-likeness (QED) is 0.708. The van der Waals surface area contributed by atoms with Crippen LogP contribution in [0.15, 0.2) is 30.6 Å². The molecule has 0 saturated heterocycles. The summed E-state index contributed by atoms with van der Waals surface area (Å²) in [6.07, 6.45) is 2.89. The van der Waals surface area contributed by atoms with Crippen LogP contribution in [0.3, 0.4) is 0 Å². The maximum atomic E-state index is 4.61. The van der Waals surface area contributed by atoms with Crippen LogP contribution in [0.1, 0.15) is 24.2 Å². The number of hydrogen-bond acceptors (Lipinski definition) is 5. The molecule has 1 aromatic carbocycles. The smallest absolute Gasteiger partial charge is 0.164 e. The molecular weight excluding hydrogens is 270 g/mol. The van der Waals surface area contributed by atoms with Crippen LogP contribution >= 0.6 is 11.3 Å². The average molecular weight is 287 g/mol. The highest BCUT2D eigenvalue weighted by Crippen LogP contribution is 2.21. The molecular formula is C14H17N5S. The van der Waals surface area contributed by atoms with Crippen LogP contribution < -0.4 is 5.32 Å². The van der Waals surface area contributed by atoms with Gasteiger partial charge in [0.1, 0.15) is 11.3 Å². The molecule has 5 nitrogen and oxygen atoms in total. The monoisotopic (exact) mass is 287 g/mol. The van der Waals surface area contributed by atoms with E-state index in [0.717, 1.165) is 35.9 Å². The summed E-state index contributed by atoms with van der Waals surface area (Å²) in [5.41, 5.74) is 1.05. The second-order valence-corrected chi connectivity index (χ2v) is 5.73. The molecule has 20 heavy (non-hydrogen) atoms. The number of benzene rings is 1. The molecule has 1 N–H and O–H groups in total. The van der Waals surface area contributed by atoms with Crippen molar-refractivity contribution in [2.24, 2.45) is 0 Å². The van der Waals surface area contributed by atoms with Crippen molar-refractivity contribution >= 4 is 21.6 Å². The minimum Gasteiger partial charge on any atom is -0.310 e. The molecule has 2 aromatic heterocycles. The lowest BCUT2D eigenvalue weighted by atomic mass is 10.3. The summed E-state index contributed by atoms with van der Waals surface area (Å²) in [5.74, 6) is 0.833. The number of thiazole rings is 1. The number of nitrogens with zero attached hydrogens (tertiary/aromatic N) is 4. The summed E-state index contributed by atoms with van der Waals surface area (Å²) in [4.78, 5) is 8.91. The molecule has 0 unspecified atom stereocenters. The summed E-state index contributed by atoms with van der Waals surface area (Å²) in [7, 11) is 0. The van der Waals surface area contributed by atoms with Gasteiger partial charge in [0.2, 0.25) is 0 Å². The van der Waals surface area contributed by atoms with E-state index in [0.29, 0.717) is 6.54 Å². The van der Waals surface area contributed by atoms with Crippen LogP contribution in [-0.4, -0.2) is 26.3 Å². The first-order valence-corrected chi connectivity index (χ1v) is 7.60. The predicted octanol–water partition coefficient (Wildman–Crippen LogP) is 2.44. The molecule has 0 amide bonds. The topological polar surface area (TPSA) is 55.6 Å². The molecule has 0 aliphatic heterocycles. The maximum Gasteiger partial charge on any atom is 0.164 e. The molecule has 0 spiro atoms. The highest BCUT2D eigenvalue weighted by atomic mass is 32.1. The van der Waals surface area contributed by atoms with Gasteiger partial charge in [-0.25, -0.2) is 14.6 Å². The highest BCUT2D eigenvalue weighted by Gasteiger charge is 2.06. The van der Waals surface area contributed by atoms with Crippen molar-refractivity contribution in [3.8, 4) is 0 Å². The molecule has 0 radical (unpaired) electrons. The Bertz CT molecular complexity index is 655. The van der Waals surface area contributed by atoms with E-state index in [-0.39, 0.29) is 0 Å². The van der Waals surface area contributed by atoms with Crippen LogP contribution in [0, 0.1) is 0 Å². The number of rotatable bonds is 6. The SMILES string of the molecule is CCCNCc1ncn(Cc2nc3ccccc3s2)n1. The fourth-order valence-electron chi connectivity index (χ4n) is 1.99. The third kappa shape index (κ3) is 3.02. The van der Waals surface area contributed by atoms with Crippen molar-refractivity contribution < 1.29 is 0 Å². The Hall–Kier alpha value is -1.79. The first-order chi connectivity index (χ1) is 9.85. The fraction of sp³-hybridized carbons (Fsp3) is 0.357. The zero-order chi connectivity index (χ0) is 13.8. The lowest BCUT2D eigenvalue weighted by molar-refractivity contribution is 0.624. The molecule has 0 saturated carbocycles. The van der Waals surface area contributed by atoms with E-state index in [9.17, 15) is 0 Å². The normalized spacial score (nSPS) is 11.2. The van der Waals surface area contributed by atoms with Gasteiger partial charge in [-0.05, 0) is 25.1 Å². The number of fused-ring (bicyclic) bond motifs is 1. The Labute approximate surface area is 121 Å². The minimum absolute atomic E-state index is 0.681. The Morgan fingerprint density at radius 2 is 2.20 bits per heavy atom. The van der Waals surface area contributed by atoms with E-state index in [4.69, 9.17) is 0 Å². The van der Waals surface area contributed by atoms with Gasteiger partial charge in [-0.1, -0.05) is 19.1 Å². The Kier molecular flexibility index (Phi) is 4.03. The van der Waals surface area contributed by atoms with Crippen molar-refractivity contribution in [1.82, 2.24) is 25.1 Å². The molecule has 0 bridgehead atoms. The third-order valence-electron chi connectivity index (χ3n) is 2.93. The van der Waals surface area contributed by atoms with Gasteiger partial charge in [-0.2, -0.15) is 5.10 Å². The zero-order valence-electron chi connectivity index (χ0n) is 11.4. The average Bonchev–Trinajstić information content (AvgIpc) is 3.05. The van der Waals surface area contributed by atoms with Crippen molar-refractivity contribution in [2.45, 2.75) is 26.4 Å². The number of hydrogen-bond donors (Lipinski definition) is 1. The van der Waals surface area contributed by atoms with Crippen LogP contribution in [0.5, 0.6) is 0 Å². The van der Waals surface area contributed by atoms with Crippen molar-refractivity contribution in [3.63, 3.8) is 0 Å². The van der Waals surface area contributed by atoms with Gasteiger partial charge < -0.3 is 5.32 Å². The van der Waals surface area contributed by atoms with E-state index < -0.39 is 0 Å². The van der Waals surface area contributed by atoms with Crippen LogP contribution in [0.4, 0.5) is 0 Å². The molecule has 104 valence electrons. The summed E-state index contributed by atoms with van der Waals surface area (Å²) in [6.45, 7) is 4.54. The minimum atomic E-state index is 0.681. The lowest BCUT2D eigenvalue weighted by Gasteiger charge is -1.98. The van der Waals surface area contributed by atoms with E-state index >= 15 is 0 Å². The van der Waals surface area contributed by atoms with E-state index in [1.54, 1.807) is 17.7 Å². The van der Waals surface area contributed by atoms with Gasteiger partial charge in [0.25, 0.3) is 0 Å². The Morgan fingerprint density at radius 1 is 1.30 bits per heavy atom. The zero-order valence-corrected chi connectivity index (χ0v) is 12.2. The van der Waals surface area contributed by atoms with E-state index in [1.165, 1.54) is 4.70 Å². The van der Waals surface area contributed by atoms with Gasteiger partial charge >= 0.3 is 0 Å². The maximum absolute atomic E-state index is 4.61. The molecule has 0 fully saturated rings. The van der Waals surface area contributed by atoms with Gasteiger partial charge in [-0.15, -0.1) is 11.3 Å². The second-order valence-electron chi connectivity index (χ2n) is 4.61. The Balaban J connectivity index is 1.68. The molecule has 3 aromatic rings.